The van der Waals surface area contributed by atoms with Crippen molar-refractivity contribution in [3.8, 4) is 0 Å². The molecule has 0 atom stereocenters. The Morgan fingerprint density at radius 2 is 2.04 bits per heavy atom. The number of hydrogen-bond acceptors (Lipinski definition) is 4. The van der Waals surface area contributed by atoms with Crippen LogP contribution < -0.4 is 5.56 Å². The highest BCUT2D eigenvalue weighted by atomic mass is 32.2. The van der Waals surface area contributed by atoms with Crippen LogP contribution in [0.15, 0.2) is 46.9 Å². The molecule has 4 rings (SSSR count). The normalized spacial score (nSPS) is 15.7. The van der Waals surface area contributed by atoms with Crippen molar-refractivity contribution in [1.82, 2.24) is 19.4 Å². The van der Waals surface area contributed by atoms with Crippen LogP contribution in [0.4, 0.5) is 0 Å². The first kappa shape index (κ1) is 17.4. The largest absolute Gasteiger partial charge is 0.349 e. The lowest BCUT2D eigenvalue weighted by molar-refractivity contribution is 0.242. The van der Waals surface area contributed by atoms with Crippen LogP contribution in [0.3, 0.4) is 0 Å². The van der Waals surface area contributed by atoms with Crippen molar-refractivity contribution >= 4 is 33.7 Å². The van der Waals surface area contributed by atoms with Gasteiger partial charge in [0.05, 0.1) is 0 Å². The lowest BCUT2D eigenvalue weighted by Gasteiger charge is -2.26. The van der Waals surface area contributed by atoms with Gasteiger partial charge in [0, 0.05) is 29.7 Å². The molecule has 0 aliphatic carbocycles. The summed E-state index contributed by atoms with van der Waals surface area (Å²) in [5, 5.41) is 1.78. The zero-order valence-corrected chi connectivity index (χ0v) is 15.7. The van der Waals surface area contributed by atoms with Crippen LogP contribution in [0.25, 0.3) is 21.9 Å². The lowest BCUT2D eigenvalue weighted by atomic mass is 10.1. The average Bonchev–Trinajstić information content (AvgIpc) is 3.05. The topological polar surface area (TPSA) is 53.9 Å². The van der Waals surface area contributed by atoms with Gasteiger partial charge in [-0.3, -0.25) is 9.36 Å². The highest BCUT2D eigenvalue weighted by molar-refractivity contribution is 7.99. The molecule has 1 N–H and O–H groups in total. The number of aromatic nitrogens is 3. The van der Waals surface area contributed by atoms with Crippen molar-refractivity contribution in [1.29, 1.82) is 0 Å². The maximum absolute atomic E-state index is 13.0. The highest BCUT2D eigenvalue weighted by Gasteiger charge is 2.16. The fourth-order valence-corrected chi connectivity index (χ4v) is 4.63. The van der Waals surface area contributed by atoms with Gasteiger partial charge in [0.1, 0.15) is 11.0 Å². The number of thioether (sulfide) groups is 1. The summed E-state index contributed by atoms with van der Waals surface area (Å²) in [6, 6.07) is 7.95. The van der Waals surface area contributed by atoms with E-state index in [1.807, 2.05) is 24.3 Å². The third-order valence-corrected chi connectivity index (χ3v) is 5.93. The van der Waals surface area contributed by atoms with Crippen molar-refractivity contribution in [3.63, 3.8) is 0 Å². The third kappa shape index (κ3) is 3.31. The second kappa shape index (κ2) is 7.68. The molecule has 3 heterocycles. The Balaban J connectivity index is 1.67. The molecule has 1 aliphatic rings. The molecule has 2 aromatic heterocycles. The van der Waals surface area contributed by atoms with Crippen LogP contribution in [-0.4, -0.2) is 44.8 Å². The molecule has 0 bridgehead atoms. The minimum absolute atomic E-state index is 0.0217. The summed E-state index contributed by atoms with van der Waals surface area (Å²) in [6.07, 6.45) is 5.70. The van der Waals surface area contributed by atoms with Gasteiger partial charge in [0.15, 0.2) is 5.16 Å². The molecule has 0 spiro atoms. The fraction of sp³-hybridized carbons (Fsp3) is 0.400. The van der Waals surface area contributed by atoms with E-state index in [2.05, 4.69) is 16.5 Å². The van der Waals surface area contributed by atoms with E-state index in [1.165, 1.54) is 32.4 Å². The molecule has 1 aliphatic heterocycles. The molecule has 26 heavy (non-hydrogen) atoms. The van der Waals surface area contributed by atoms with Crippen LogP contribution in [-0.2, 0) is 6.54 Å². The molecule has 0 saturated carbocycles. The SMILES string of the molecule is C=CCn1c(SCCN2CCCCC2)nc2c([nH]c3ccccc32)c1=O. The molecule has 0 radical (unpaired) electrons. The number of rotatable bonds is 6. The van der Waals surface area contributed by atoms with Gasteiger partial charge < -0.3 is 9.88 Å². The Morgan fingerprint density at radius 1 is 1.23 bits per heavy atom. The summed E-state index contributed by atoms with van der Waals surface area (Å²) >= 11 is 1.67. The number of fused-ring (bicyclic) bond motifs is 3. The summed E-state index contributed by atoms with van der Waals surface area (Å²) in [4.78, 5) is 23.6. The van der Waals surface area contributed by atoms with Gasteiger partial charge in [-0.05, 0) is 32.0 Å². The number of H-pyrrole nitrogens is 1. The summed E-state index contributed by atoms with van der Waals surface area (Å²) in [7, 11) is 0. The number of aromatic amines is 1. The molecule has 3 aromatic rings. The van der Waals surface area contributed by atoms with Crippen molar-refractivity contribution in [2.24, 2.45) is 0 Å². The predicted octanol–water partition coefficient (Wildman–Crippen LogP) is 3.64. The molecule has 0 unspecified atom stereocenters. The Labute approximate surface area is 157 Å². The van der Waals surface area contributed by atoms with Gasteiger partial charge in [-0.2, -0.15) is 0 Å². The van der Waals surface area contributed by atoms with E-state index in [0.29, 0.717) is 12.1 Å². The van der Waals surface area contributed by atoms with E-state index in [0.717, 1.165) is 33.9 Å². The van der Waals surface area contributed by atoms with Crippen LogP contribution in [0.5, 0.6) is 0 Å². The molecular formula is C20H24N4OS. The molecule has 1 aromatic carbocycles. The van der Waals surface area contributed by atoms with Crippen molar-refractivity contribution in [2.75, 3.05) is 25.4 Å². The number of benzene rings is 1. The Kier molecular flexibility index (Phi) is 5.13. The zero-order valence-electron chi connectivity index (χ0n) is 14.9. The first-order valence-electron chi connectivity index (χ1n) is 9.25. The number of nitrogens with zero attached hydrogens (tertiary/aromatic N) is 3. The fourth-order valence-electron chi connectivity index (χ4n) is 3.63. The molecule has 1 saturated heterocycles. The molecule has 6 heteroatoms. The molecule has 136 valence electrons. The third-order valence-electron chi connectivity index (χ3n) is 4.98. The monoisotopic (exact) mass is 368 g/mol. The van der Waals surface area contributed by atoms with Gasteiger partial charge in [-0.1, -0.05) is 42.5 Å². The maximum Gasteiger partial charge on any atom is 0.278 e. The van der Waals surface area contributed by atoms with Gasteiger partial charge in [0.25, 0.3) is 5.56 Å². The summed E-state index contributed by atoms with van der Waals surface area (Å²) < 4.78 is 1.73. The number of allylic oxidation sites excluding steroid dienone is 1. The van der Waals surface area contributed by atoms with E-state index in [-0.39, 0.29) is 5.56 Å². The van der Waals surface area contributed by atoms with E-state index in [1.54, 1.807) is 22.4 Å². The van der Waals surface area contributed by atoms with Crippen LogP contribution >= 0.6 is 11.8 Å². The van der Waals surface area contributed by atoms with E-state index in [9.17, 15) is 4.79 Å². The molecule has 1 fully saturated rings. The number of para-hydroxylation sites is 1. The zero-order chi connectivity index (χ0) is 17.9. The van der Waals surface area contributed by atoms with E-state index in [4.69, 9.17) is 4.98 Å². The minimum Gasteiger partial charge on any atom is -0.349 e. The number of likely N-dealkylation sites (tertiary alicyclic amines) is 1. The van der Waals surface area contributed by atoms with Crippen LogP contribution in [0.2, 0.25) is 0 Å². The molecular weight excluding hydrogens is 344 g/mol. The maximum atomic E-state index is 13.0. The van der Waals surface area contributed by atoms with E-state index < -0.39 is 0 Å². The smallest absolute Gasteiger partial charge is 0.278 e. The minimum atomic E-state index is -0.0217. The van der Waals surface area contributed by atoms with Crippen molar-refractivity contribution in [2.45, 2.75) is 31.0 Å². The number of piperidine rings is 1. The highest BCUT2D eigenvalue weighted by Crippen LogP contribution is 2.24. The van der Waals surface area contributed by atoms with Crippen molar-refractivity contribution < 1.29 is 0 Å². The van der Waals surface area contributed by atoms with Crippen LogP contribution in [0.1, 0.15) is 19.3 Å². The first-order valence-corrected chi connectivity index (χ1v) is 10.2. The van der Waals surface area contributed by atoms with Gasteiger partial charge in [-0.25, -0.2) is 4.98 Å². The Hall–Kier alpha value is -2.05. The van der Waals surface area contributed by atoms with Gasteiger partial charge in [-0.15, -0.1) is 6.58 Å². The Bertz CT molecular complexity index is 985. The van der Waals surface area contributed by atoms with Crippen molar-refractivity contribution in [3.05, 3.63) is 47.3 Å². The second-order valence-corrected chi connectivity index (χ2v) is 7.81. The molecule has 0 amide bonds. The standard InChI is InChI=1S/C20H24N4OS/c1-2-10-24-19(25)18-17(15-8-4-5-9-16(15)21-18)22-20(24)26-14-13-23-11-6-3-7-12-23/h2,4-5,8-9,21H,1,3,6-7,10-14H2. The molecule has 5 nitrogen and oxygen atoms in total. The average molecular weight is 369 g/mol. The van der Waals surface area contributed by atoms with Crippen LogP contribution in [0, 0.1) is 0 Å². The summed E-state index contributed by atoms with van der Waals surface area (Å²) in [5.74, 6) is 0.942. The lowest BCUT2D eigenvalue weighted by Crippen LogP contribution is -2.31. The van der Waals surface area contributed by atoms with Gasteiger partial charge in [0.2, 0.25) is 0 Å². The van der Waals surface area contributed by atoms with Gasteiger partial charge >= 0.3 is 0 Å². The second-order valence-electron chi connectivity index (χ2n) is 6.74. The number of hydrogen-bond donors (Lipinski definition) is 1. The quantitative estimate of drug-likeness (QED) is 0.410. The predicted molar refractivity (Wildman–Crippen MR) is 109 cm³/mol. The summed E-state index contributed by atoms with van der Waals surface area (Å²) in [6.45, 7) is 7.70. The summed E-state index contributed by atoms with van der Waals surface area (Å²) in [5.41, 5.74) is 2.28. The van der Waals surface area contributed by atoms with E-state index >= 15 is 0 Å². The number of nitrogens with one attached hydrogen (secondary N) is 1. The first-order chi connectivity index (χ1) is 12.8. The Morgan fingerprint density at radius 3 is 2.85 bits per heavy atom.